The summed E-state index contributed by atoms with van der Waals surface area (Å²) in [6.07, 6.45) is 1.14. The number of fused-ring (bicyclic) bond motifs is 1. The molecule has 3 rings (SSSR count). The number of nitrogen functional groups attached to an aromatic ring is 1. The number of rotatable bonds is 4. The van der Waals surface area contributed by atoms with E-state index in [0.717, 1.165) is 10.1 Å². The molecule has 0 fully saturated rings. The number of anilines is 2. The first-order chi connectivity index (χ1) is 13.3. The molecule has 2 heterocycles. The average molecular weight is 381 g/mol. The smallest absolute Gasteiger partial charge is 0.332 e. The van der Waals surface area contributed by atoms with Gasteiger partial charge in [-0.3, -0.25) is 18.7 Å². The molecule has 3 N–H and O–H groups in total. The van der Waals surface area contributed by atoms with Crippen molar-refractivity contribution in [1.29, 1.82) is 0 Å². The third-order valence-corrected chi connectivity index (χ3v) is 4.84. The van der Waals surface area contributed by atoms with Crippen LogP contribution in [0.5, 0.6) is 0 Å². The van der Waals surface area contributed by atoms with Gasteiger partial charge in [-0.15, -0.1) is 0 Å². The first kappa shape index (κ1) is 19.3. The summed E-state index contributed by atoms with van der Waals surface area (Å²) < 4.78 is 2.29. The number of benzene rings is 1. The third-order valence-electron chi connectivity index (χ3n) is 4.84. The summed E-state index contributed by atoms with van der Waals surface area (Å²) in [5.74, 6) is -0.439. The van der Waals surface area contributed by atoms with Gasteiger partial charge in [0.15, 0.2) is 5.65 Å². The van der Waals surface area contributed by atoms with E-state index in [1.807, 2.05) is 32.0 Å². The van der Waals surface area contributed by atoms with Crippen molar-refractivity contribution in [3.8, 4) is 0 Å². The lowest BCUT2D eigenvalue weighted by Crippen LogP contribution is -2.38. The molecule has 0 aliphatic carbocycles. The molecular formula is C20H23N5O3. The fraction of sp³-hybridized carbons (Fsp3) is 0.300. The van der Waals surface area contributed by atoms with Crippen molar-refractivity contribution < 1.29 is 4.79 Å². The molecule has 0 aliphatic heterocycles. The van der Waals surface area contributed by atoms with E-state index in [1.54, 1.807) is 6.07 Å². The number of carbonyl (C=O) groups excluding carboxylic acids is 1. The lowest BCUT2D eigenvalue weighted by molar-refractivity contribution is 0.102. The van der Waals surface area contributed by atoms with Crippen LogP contribution in [0.4, 0.5) is 11.5 Å². The van der Waals surface area contributed by atoms with E-state index in [9.17, 15) is 14.4 Å². The van der Waals surface area contributed by atoms with Crippen LogP contribution in [0, 0.1) is 6.92 Å². The van der Waals surface area contributed by atoms with Crippen LogP contribution in [0.2, 0.25) is 0 Å². The van der Waals surface area contributed by atoms with Crippen LogP contribution < -0.4 is 22.3 Å². The van der Waals surface area contributed by atoms with E-state index in [2.05, 4.69) is 10.3 Å². The van der Waals surface area contributed by atoms with Crippen LogP contribution >= 0.6 is 0 Å². The Labute approximate surface area is 161 Å². The molecule has 0 atom stereocenters. The van der Waals surface area contributed by atoms with E-state index in [-0.39, 0.29) is 22.4 Å². The van der Waals surface area contributed by atoms with Crippen LogP contribution in [0.1, 0.15) is 34.8 Å². The maximum Gasteiger partial charge on any atom is 0.332 e. The molecular weight excluding hydrogens is 358 g/mol. The SMILES string of the molecule is CCCc1c(C(=O)Nc2ccccc2C)c(N)nc2c1c(=O)n(C)c(=O)n2C. The molecule has 28 heavy (non-hydrogen) atoms. The van der Waals surface area contributed by atoms with E-state index < -0.39 is 17.2 Å². The normalized spacial score (nSPS) is 11.0. The van der Waals surface area contributed by atoms with Gasteiger partial charge in [-0.25, -0.2) is 9.78 Å². The standard InChI is InChI=1S/C20H23N5O3/c1-5-8-12-14(18(26)22-13-10-7-6-9-11(13)2)16(21)23-17-15(12)19(27)25(4)20(28)24(17)3/h6-7,9-10H,5,8H2,1-4H3,(H2,21,23)(H,22,26). The Kier molecular flexibility index (Phi) is 5.04. The minimum absolute atomic E-state index is 0.00899. The number of para-hydroxylation sites is 1. The summed E-state index contributed by atoms with van der Waals surface area (Å²) in [5.41, 5.74) is 7.56. The Bertz CT molecular complexity index is 1210. The fourth-order valence-electron chi connectivity index (χ4n) is 3.33. The molecule has 0 spiro atoms. The molecule has 1 aromatic carbocycles. The molecule has 0 bridgehead atoms. The Morgan fingerprint density at radius 2 is 1.86 bits per heavy atom. The summed E-state index contributed by atoms with van der Waals surface area (Å²) in [5, 5.41) is 3.10. The van der Waals surface area contributed by atoms with Gasteiger partial charge in [-0.1, -0.05) is 31.5 Å². The van der Waals surface area contributed by atoms with Gasteiger partial charge in [-0.05, 0) is 30.5 Å². The van der Waals surface area contributed by atoms with Crippen LogP contribution in [-0.4, -0.2) is 20.0 Å². The van der Waals surface area contributed by atoms with Crippen LogP contribution in [0.25, 0.3) is 11.0 Å². The molecule has 3 aromatic rings. The van der Waals surface area contributed by atoms with Crippen molar-refractivity contribution in [3.05, 3.63) is 61.8 Å². The summed E-state index contributed by atoms with van der Waals surface area (Å²) >= 11 is 0. The maximum absolute atomic E-state index is 13.1. The zero-order chi connectivity index (χ0) is 20.6. The lowest BCUT2D eigenvalue weighted by atomic mass is 9.99. The predicted octanol–water partition coefficient (Wildman–Crippen LogP) is 1.73. The second kappa shape index (κ2) is 7.30. The minimum atomic E-state index is -0.496. The number of carbonyl (C=O) groups is 1. The summed E-state index contributed by atoms with van der Waals surface area (Å²) in [6.45, 7) is 3.83. The Hall–Kier alpha value is -3.42. The van der Waals surface area contributed by atoms with Crippen molar-refractivity contribution >= 4 is 28.4 Å². The van der Waals surface area contributed by atoms with E-state index in [0.29, 0.717) is 24.1 Å². The number of hydrogen-bond acceptors (Lipinski definition) is 5. The van der Waals surface area contributed by atoms with E-state index in [4.69, 9.17) is 5.73 Å². The zero-order valence-corrected chi connectivity index (χ0v) is 16.4. The molecule has 1 amide bonds. The van der Waals surface area contributed by atoms with Crippen LogP contribution in [0.15, 0.2) is 33.9 Å². The van der Waals surface area contributed by atoms with Crippen molar-refractivity contribution in [2.24, 2.45) is 14.1 Å². The molecule has 2 aromatic heterocycles. The number of hydrogen-bond donors (Lipinski definition) is 2. The predicted molar refractivity (Wildman–Crippen MR) is 110 cm³/mol. The fourth-order valence-corrected chi connectivity index (χ4v) is 3.33. The summed E-state index contributed by atoms with van der Waals surface area (Å²) in [7, 11) is 2.93. The largest absolute Gasteiger partial charge is 0.383 e. The molecule has 0 unspecified atom stereocenters. The highest BCUT2D eigenvalue weighted by molar-refractivity contribution is 6.11. The average Bonchev–Trinajstić information content (AvgIpc) is 2.66. The number of aromatic nitrogens is 3. The number of nitrogens with zero attached hydrogens (tertiary/aromatic N) is 3. The van der Waals surface area contributed by atoms with Gasteiger partial charge in [0.1, 0.15) is 5.82 Å². The van der Waals surface area contributed by atoms with E-state index in [1.165, 1.54) is 18.7 Å². The topological polar surface area (TPSA) is 112 Å². The van der Waals surface area contributed by atoms with Gasteiger partial charge in [0, 0.05) is 19.8 Å². The highest BCUT2D eigenvalue weighted by atomic mass is 16.2. The number of aryl methyl sites for hydroxylation is 3. The van der Waals surface area contributed by atoms with Crippen LogP contribution in [-0.2, 0) is 20.5 Å². The van der Waals surface area contributed by atoms with E-state index >= 15 is 0 Å². The highest BCUT2D eigenvalue weighted by Gasteiger charge is 2.24. The second-order valence-corrected chi connectivity index (χ2v) is 6.77. The third kappa shape index (κ3) is 3.06. The zero-order valence-electron chi connectivity index (χ0n) is 16.4. The highest BCUT2D eigenvalue weighted by Crippen LogP contribution is 2.25. The quantitative estimate of drug-likeness (QED) is 0.715. The Morgan fingerprint density at radius 1 is 1.18 bits per heavy atom. The summed E-state index contributed by atoms with van der Waals surface area (Å²) in [4.78, 5) is 42.4. The number of nitrogens with two attached hydrogens (primary N) is 1. The van der Waals surface area contributed by atoms with Gasteiger partial charge in [0.05, 0.1) is 10.9 Å². The second-order valence-electron chi connectivity index (χ2n) is 6.77. The Balaban J connectivity index is 2.31. The van der Waals surface area contributed by atoms with Crippen LogP contribution in [0.3, 0.4) is 0 Å². The van der Waals surface area contributed by atoms with Gasteiger partial charge >= 0.3 is 5.69 Å². The van der Waals surface area contributed by atoms with Gasteiger partial charge < -0.3 is 11.1 Å². The lowest BCUT2D eigenvalue weighted by Gasteiger charge is -2.17. The van der Waals surface area contributed by atoms with Crippen molar-refractivity contribution in [2.45, 2.75) is 26.7 Å². The molecule has 8 heteroatoms. The first-order valence-corrected chi connectivity index (χ1v) is 9.03. The molecule has 0 radical (unpaired) electrons. The number of amides is 1. The molecule has 146 valence electrons. The monoisotopic (exact) mass is 381 g/mol. The van der Waals surface area contributed by atoms with Gasteiger partial charge in [0.2, 0.25) is 0 Å². The number of nitrogens with one attached hydrogen (secondary N) is 1. The maximum atomic E-state index is 13.1. The van der Waals surface area contributed by atoms with Crippen molar-refractivity contribution in [3.63, 3.8) is 0 Å². The van der Waals surface area contributed by atoms with Gasteiger partial charge in [-0.2, -0.15) is 0 Å². The molecule has 0 aliphatic rings. The Morgan fingerprint density at radius 3 is 2.50 bits per heavy atom. The van der Waals surface area contributed by atoms with Crippen molar-refractivity contribution in [2.75, 3.05) is 11.1 Å². The summed E-state index contributed by atoms with van der Waals surface area (Å²) in [6, 6.07) is 7.38. The molecule has 8 nitrogen and oxygen atoms in total. The first-order valence-electron chi connectivity index (χ1n) is 9.03. The van der Waals surface area contributed by atoms with Crippen molar-refractivity contribution in [1.82, 2.24) is 14.1 Å². The molecule has 0 saturated carbocycles. The minimum Gasteiger partial charge on any atom is -0.383 e. The molecule has 0 saturated heterocycles. The number of pyridine rings is 1. The van der Waals surface area contributed by atoms with Gasteiger partial charge in [0.25, 0.3) is 11.5 Å².